The summed E-state index contributed by atoms with van der Waals surface area (Å²) in [5.74, 6) is 0. The molecule has 0 aromatic carbocycles. The quantitative estimate of drug-likeness (QED) is 0.241. The molecule has 14 heavy (non-hydrogen) atoms. The highest BCUT2D eigenvalue weighted by Gasteiger charge is 2.34. The Bertz CT molecular complexity index is 196. The van der Waals surface area contributed by atoms with Gasteiger partial charge in [0.2, 0.25) is 0 Å². The largest absolute Gasteiger partial charge is 0.759 e. The Morgan fingerprint density at radius 2 is 1.00 bits per heavy atom. The molecule has 0 aliphatic rings. The molecule has 8 nitrogen and oxygen atoms in total. The highest BCUT2D eigenvalue weighted by molar-refractivity contribution is 7.79. The first kappa shape index (κ1) is 16.6. The third kappa shape index (κ3) is 10.2. The minimum Gasteiger partial charge on any atom is -0.759 e. The number of aliphatic hydroxyl groups is 4. The number of aliphatic hydroxyl groups excluding tert-OH is 4. The summed E-state index contributed by atoms with van der Waals surface area (Å²) in [6.45, 7) is 0. The monoisotopic (exact) mass is 251 g/mol. The molecule has 0 rings (SSSR count). The van der Waals surface area contributed by atoms with Crippen LogP contribution in [-0.4, -0.2) is 63.3 Å². The zero-order valence-electron chi connectivity index (χ0n) is 7.11. The van der Waals surface area contributed by atoms with Crippen LogP contribution in [0.4, 0.5) is 0 Å². The molecule has 0 saturated heterocycles. The predicted molar refractivity (Wildman–Crippen MR) is 45.7 cm³/mol. The van der Waals surface area contributed by atoms with Crippen molar-refractivity contribution in [1.82, 2.24) is 0 Å². The minimum absolute atomic E-state index is 0.295. The molecule has 0 unspecified atom stereocenters. The average molecular weight is 251 g/mol. The second-order valence-corrected chi connectivity index (χ2v) is 6.95. The van der Waals surface area contributed by atoms with E-state index in [2.05, 4.69) is 0 Å². The molecular formula is C4H12O8PS-. The van der Waals surface area contributed by atoms with Crippen LogP contribution in [0.2, 0.25) is 0 Å². The molecule has 0 atom stereocenters. The van der Waals surface area contributed by atoms with Crippen LogP contribution < -0.4 is 0 Å². The van der Waals surface area contributed by atoms with Crippen molar-refractivity contribution in [3.8, 4) is 0 Å². The van der Waals surface area contributed by atoms with E-state index in [4.69, 9.17) is 37.9 Å². The Labute approximate surface area is 81.7 Å². The van der Waals surface area contributed by atoms with Crippen LogP contribution in [0.3, 0.4) is 0 Å². The van der Waals surface area contributed by atoms with Gasteiger partial charge in [-0.3, -0.25) is 8.42 Å². The number of rotatable bonds is 4. The Hall–Kier alpha value is 0.140. The van der Waals surface area contributed by atoms with Crippen molar-refractivity contribution in [3.63, 3.8) is 0 Å². The van der Waals surface area contributed by atoms with Gasteiger partial charge in [0.05, 0.1) is 0 Å². The standard InChI is InChI=1S/C4H12O4P.H2O4S/c5-1-9(2-6,3-7)4-8;1-5(2,3)4/h5-8H,1-4H2;(H2,1,2,3,4)/q+1;/p-2. The van der Waals surface area contributed by atoms with Gasteiger partial charge in [-0.05, 0) is 0 Å². The van der Waals surface area contributed by atoms with E-state index >= 15 is 0 Å². The molecule has 0 fully saturated rings. The van der Waals surface area contributed by atoms with Crippen molar-refractivity contribution in [1.29, 1.82) is 0 Å². The average Bonchev–Trinajstić information content (AvgIpc) is 2.07. The maximum absolute atomic E-state index is 8.55. The summed E-state index contributed by atoms with van der Waals surface area (Å²) >= 11 is 0. The van der Waals surface area contributed by atoms with Crippen LogP contribution >= 0.6 is 7.26 Å². The van der Waals surface area contributed by atoms with E-state index in [0.717, 1.165) is 0 Å². The third-order valence-corrected chi connectivity index (χ3v) is 3.60. The molecule has 0 saturated carbocycles. The lowest BCUT2D eigenvalue weighted by Gasteiger charge is -2.15. The lowest BCUT2D eigenvalue weighted by Crippen LogP contribution is -2.10. The fourth-order valence-corrected chi connectivity index (χ4v) is 0.805. The molecule has 88 valence electrons. The van der Waals surface area contributed by atoms with E-state index in [9.17, 15) is 0 Å². The zero-order valence-corrected chi connectivity index (χ0v) is 8.82. The Morgan fingerprint density at radius 3 is 1.00 bits per heavy atom. The fraction of sp³-hybridized carbons (Fsp3) is 1.00. The Balaban J connectivity index is 0. The first-order valence-corrected chi connectivity index (χ1v) is 7.06. The number of hydrogen-bond donors (Lipinski definition) is 4. The maximum Gasteiger partial charge on any atom is 0.161 e. The molecule has 10 heteroatoms. The summed E-state index contributed by atoms with van der Waals surface area (Å²) in [7, 11) is -7.36. The molecule has 0 aromatic heterocycles. The second kappa shape index (κ2) is 7.43. The summed E-state index contributed by atoms with van der Waals surface area (Å²) < 4.78 is 34.1. The van der Waals surface area contributed by atoms with Crippen molar-refractivity contribution in [2.45, 2.75) is 0 Å². The fourth-order valence-electron chi connectivity index (χ4n) is 0.268. The van der Waals surface area contributed by atoms with Gasteiger partial charge in [0.15, 0.2) is 25.4 Å². The second-order valence-electron chi connectivity index (χ2n) is 2.32. The van der Waals surface area contributed by atoms with E-state index < -0.39 is 17.7 Å². The topological polar surface area (TPSA) is 161 Å². The van der Waals surface area contributed by atoms with Crippen LogP contribution in [0.5, 0.6) is 0 Å². The molecule has 0 aliphatic carbocycles. The van der Waals surface area contributed by atoms with Gasteiger partial charge in [0, 0.05) is 10.4 Å². The highest BCUT2D eigenvalue weighted by atomic mass is 32.3. The van der Waals surface area contributed by atoms with Crippen molar-refractivity contribution >= 4 is 17.7 Å². The van der Waals surface area contributed by atoms with Crippen molar-refractivity contribution < 1.29 is 37.9 Å². The van der Waals surface area contributed by atoms with Gasteiger partial charge >= 0.3 is 0 Å². The van der Waals surface area contributed by atoms with Gasteiger partial charge < -0.3 is 29.5 Å². The lowest BCUT2D eigenvalue weighted by atomic mass is 11.6. The van der Waals surface area contributed by atoms with Gasteiger partial charge in [0.1, 0.15) is 7.26 Å². The van der Waals surface area contributed by atoms with Crippen molar-refractivity contribution in [3.05, 3.63) is 0 Å². The molecule has 4 N–H and O–H groups in total. The molecule has 0 bridgehead atoms. The molecule has 0 aliphatic heterocycles. The maximum atomic E-state index is 8.55. The third-order valence-electron chi connectivity index (χ3n) is 1.20. The zero-order chi connectivity index (χ0) is 11.8. The highest BCUT2D eigenvalue weighted by Crippen LogP contribution is 2.54. The van der Waals surface area contributed by atoms with Crippen LogP contribution in [0.1, 0.15) is 0 Å². The van der Waals surface area contributed by atoms with E-state index in [1.54, 1.807) is 0 Å². The van der Waals surface area contributed by atoms with Gasteiger partial charge in [0.25, 0.3) is 0 Å². The molecule has 0 heterocycles. The smallest absolute Gasteiger partial charge is 0.161 e. The van der Waals surface area contributed by atoms with E-state index in [-0.39, 0.29) is 25.4 Å². The summed E-state index contributed by atoms with van der Waals surface area (Å²) in [6, 6.07) is 0. The van der Waals surface area contributed by atoms with Gasteiger partial charge in [-0.25, -0.2) is 0 Å². The number of hydrogen-bond acceptors (Lipinski definition) is 8. The Morgan fingerprint density at radius 1 is 0.857 bits per heavy atom. The molecule has 0 amide bonds. The molecule has 0 radical (unpaired) electrons. The van der Waals surface area contributed by atoms with Crippen molar-refractivity contribution in [2.75, 3.05) is 25.4 Å². The SMILES string of the molecule is O=S(=O)([O-])[O-].OC[P+](CO)(CO)CO. The normalized spacial score (nSPS) is 11.9. The summed E-state index contributed by atoms with van der Waals surface area (Å²) in [5.41, 5.74) is 0. The Kier molecular flexibility index (Phi) is 8.80. The van der Waals surface area contributed by atoms with Crippen LogP contribution in [0.25, 0.3) is 0 Å². The van der Waals surface area contributed by atoms with Crippen LogP contribution in [-0.2, 0) is 10.4 Å². The lowest BCUT2D eigenvalue weighted by molar-refractivity contribution is 0.288. The first-order chi connectivity index (χ1) is 6.24. The van der Waals surface area contributed by atoms with E-state index in [0.29, 0.717) is 0 Å². The van der Waals surface area contributed by atoms with Gasteiger partial charge in [-0.15, -0.1) is 0 Å². The first-order valence-electron chi connectivity index (χ1n) is 3.20. The summed E-state index contributed by atoms with van der Waals surface area (Å²) in [4.78, 5) is 0. The summed E-state index contributed by atoms with van der Waals surface area (Å²) in [6.07, 6.45) is -1.18. The minimum atomic E-state index is -5.17. The van der Waals surface area contributed by atoms with Crippen molar-refractivity contribution in [2.24, 2.45) is 0 Å². The van der Waals surface area contributed by atoms with Gasteiger partial charge in [-0.1, -0.05) is 0 Å². The molecule has 0 aromatic rings. The van der Waals surface area contributed by atoms with Crippen LogP contribution in [0.15, 0.2) is 0 Å². The van der Waals surface area contributed by atoms with E-state index in [1.807, 2.05) is 0 Å². The van der Waals surface area contributed by atoms with E-state index in [1.165, 1.54) is 0 Å². The van der Waals surface area contributed by atoms with Crippen LogP contribution in [0, 0.1) is 0 Å². The predicted octanol–water partition coefficient (Wildman–Crippen LogP) is -2.53. The molecule has 0 spiro atoms. The summed E-state index contributed by atoms with van der Waals surface area (Å²) in [5, 5.41) is 34.2. The van der Waals surface area contributed by atoms with Gasteiger partial charge in [-0.2, -0.15) is 0 Å². The molecular weight excluding hydrogens is 239 g/mol.